The van der Waals surface area contributed by atoms with Crippen molar-refractivity contribution in [3.05, 3.63) is 71.4 Å². The van der Waals surface area contributed by atoms with Crippen LogP contribution in [0.1, 0.15) is 0 Å². The Labute approximate surface area is 141 Å². The van der Waals surface area contributed by atoms with Gasteiger partial charge in [0, 0.05) is 36.6 Å². The van der Waals surface area contributed by atoms with E-state index < -0.39 is 0 Å². The molecule has 0 radical (unpaired) electrons. The second kappa shape index (κ2) is 5.86. The topological polar surface area (TPSA) is 72.8 Å². The fourth-order valence-corrected chi connectivity index (χ4v) is 2.64. The van der Waals surface area contributed by atoms with Gasteiger partial charge in [-0.1, -0.05) is 0 Å². The zero-order valence-corrected chi connectivity index (χ0v) is 13.2. The first-order valence-electron chi connectivity index (χ1n) is 7.54. The first-order chi connectivity index (χ1) is 12.1. The lowest BCUT2D eigenvalue weighted by Gasteiger charge is -2.09. The van der Waals surface area contributed by atoms with E-state index in [9.17, 15) is 9.18 Å². The number of benzene rings is 1. The summed E-state index contributed by atoms with van der Waals surface area (Å²) in [7, 11) is 1.69. The molecular weight excluding hydrogens is 323 g/mol. The van der Waals surface area contributed by atoms with Crippen molar-refractivity contribution in [2.75, 3.05) is 0 Å². The zero-order chi connectivity index (χ0) is 17.4. The van der Waals surface area contributed by atoms with E-state index >= 15 is 0 Å². The smallest absolute Gasteiger partial charge is 0.274 e. The van der Waals surface area contributed by atoms with Gasteiger partial charge in [0.15, 0.2) is 0 Å². The van der Waals surface area contributed by atoms with Crippen molar-refractivity contribution >= 4 is 10.9 Å². The van der Waals surface area contributed by atoms with E-state index in [4.69, 9.17) is 4.74 Å². The van der Waals surface area contributed by atoms with Crippen molar-refractivity contribution in [1.29, 1.82) is 0 Å². The molecule has 25 heavy (non-hydrogen) atoms. The van der Waals surface area contributed by atoms with Crippen LogP contribution in [0.5, 0.6) is 11.6 Å². The summed E-state index contributed by atoms with van der Waals surface area (Å²) in [6, 6.07) is 7.51. The SMILES string of the molecule is Cn1ccc2c(-c3cncnc3Oc3ccc(F)cc3)c[nH]c2c1=O. The minimum atomic E-state index is -0.345. The van der Waals surface area contributed by atoms with Gasteiger partial charge in [-0.25, -0.2) is 14.4 Å². The third-order valence-corrected chi connectivity index (χ3v) is 3.91. The lowest BCUT2D eigenvalue weighted by molar-refractivity contribution is 0.462. The van der Waals surface area contributed by atoms with Crippen molar-refractivity contribution in [2.24, 2.45) is 7.05 Å². The maximum Gasteiger partial charge on any atom is 0.274 e. The molecule has 0 saturated carbocycles. The van der Waals surface area contributed by atoms with Crippen LogP contribution in [0, 0.1) is 5.82 Å². The lowest BCUT2D eigenvalue weighted by Crippen LogP contribution is -2.15. The van der Waals surface area contributed by atoms with Crippen LogP contribution in [-0.2, 0) is 7.05 Å². The number of H-pyrrole nitrogens is 1. The minimum Gasteiger partial charge on any atom is -0.438 e. The van der Waals surface area contributed by atoms with E-state index in [-0.39, 0.29) is 11.4 Å². The number of aryl methyl sites for hydroxylation is 1. The molecule has 124 valence electrons. The number of aromatic amines is 1. The number of rotatable bonds is 3. The molecule has 3 heterocycles. The van der Waals surface area contributed by atoms with Crippen LogP contribution >= 0.6 is 0 Å². The summed E-state index contributed by atoms with van der Waals surface area (Å²) in [5.74, 6) is 0.433. The van der Waals surface area contributed by atoms with Crippen LogP contribution in [0.3, 0.4) is 0 Å². The third kappa shape index (κ3) is 2.65. The first kappa shape index (κ1) is 15.1. The third-order valence-electron chi connectivity index (χ3n) is 3.91. The molecule has 0 unspecified atom stereocenters. The molecule has 0 fully saturated rings. The molecule has 0 saturated heterocycles. The van der Waals surface area contributed by atoms with Crippen molar-refractivity contribution in [3.8, 4) is 22.8 Å². The summed E-state index contributed by atoms with van der Waals surface area (Å²) in [5.41, 5.74) is 1.76. The van der Waals surface area contributed by atoms with Gasteiger partial charge >= 0.3 is 0 Å². The number of fused-ring (bicyclic) bond motifs is 1. The summed E-state index contributed by atoms with van der Waals surface area (Å²) in [4.78, 5) is 23.4. The fourth-order valence-electron chi connectivity index (χ4n) is 2.64. The Morgan fingerprint density at radius 2 is 1.96 bits per heavy atom. The average molecular weight is 336 g/mol. The normalized spacial score (nSPS) is 11.0. The molecule has 7 heteroatoms. The second-order valence-electron chi connectivity index (χ2n) is 5.52. The van der Waals surface area contributed by atoms with Crippen LogP contribution in [0.25, 0.3) is 22.0 Å². The number of pyridine rings is 1. The number of ether oxygens (including phenoxy) is 1. The van der Waals surface area contributed by atoms with Crippen molar-refractivity contribution in [3.63, 3.8) is 0 Å². The summed E-state index contributed by atoms with van der Waals surface area (Å²) in [6.45, 7) is 0. The largest absolute Gasteiger partial charge is 0.438 e. The number of halogens is 1. The van der Waals surface area contributed by atoms with Crippen LogP contribution < -0.4 is 10.3 Å². The molecule has 3 aromatic heterocycles. The van der Waals surface area contributed by atoms with E-state index in [1.807, 2.05) is 6.07 Å². The molecule has 0 amide bonds. The predicted molar refractivity (Wildman–Crippen MR) is 91.0 cm³/mol. The maximum atomic E-state index is 13.1. The van der Waals surface area contributed by atoms with E-state index in [2.05, 4.69) is 15.0 Å². The van der Waals surface area contributed by atoms with Gasteiger partial charge in [0.05, 0.1) is 5.56 Å². The summed E-state index contributed by atoms with van der Waals surface area (Å²) >= 11 is 0. The Balaban J connectivity index is 1.83. The molecule has 0 aliphatic carbocycles. The lowest BCUT2D eigenvalue weighted by atomic mass is 10.1. The fraction of sp³-hybridized carbons (Fsp3) is 0.0556. The Morgan fingerprint density at radius 1 is 1.16 bits per heavy atom. The summed E-state index contributed by atoms with van der Waals surface area (Å²) in [5, 5.41) is 0.752. The van der Waals surface area contributed by atoms with Crippen LogP contribution in [0.2, 0.25) is 0 Å². The second-order valence-corrected chi connectivity index (χ2v) is 5.52. The van der Waals surface area contributed by atoms with Gasteiger partial charge in [-0.05, 0) is 30.3 Å². The Morgan fingerprint density at radius 3 is 2.76 bits per heavy atom. The van der Waals surface area contributed by atoms with E-state index in [1.165, 1.54) is 35.2 Å². The van der Waals surface area contributed by atoms with E-state index in [0.717, 1.165) is 10.9 Å². The first-order valence-corrected chi connectivity index (χ1v) is 7.54. The van der Waals surface area contributed by atoms with Gasteiger partial charge in [-0.2, -0.15) is 0 Å². The molecular formula is C18H13FN4O2. The molecule has 4 aromatic rings. The van der Waals surface area contributed by atoms with Gasteiger partial charge < -0.3 is 14.3 Å². The molecule has 1 N–H and O–H groups in total. The Kier molecular flexibility index (Phi) is 3.53. The minimum absolute atomic E-state index is 0.124. The molecule has 0 atom stereocenters. The highest BCUT2D eigenvalue weighted by molar-refractivity contribution is 5.96. The molecule has 0 spiro atoms. The van der Waals surface area contributed by atoms with E-state index in [0.29, 0.717) is 22.7 Å². The number of aromatic nitrogens is 4. The number of nitrogens with one attached hydrogen (secondary N) is 1. The van der Waals surface area contributed by atoms with Gasteiger partial charge in [-0.3, -0.25) is 4.79 Å². The van der Waals surface area contributed by atoms with Gasteiger partial charge in [-0.15, -0.1) is 0 Å². The molecule has 4 rings (SSSR count). The highest BCUT2D eigenvalue weighted by Crippen LogP contribution is 2.34. The number of hydrogen-bond donors (Lipinski definition) is 1. The van der Waals surface area contributed by atoms with Crippen LogP contribution in [0.4, 0.5) is 4.39 Å². The average Bonchev–Trinajstić information content (AvgIpc) is 3.05. The monoisotopic (exact) mass is 336 g/mol. The standard InChI is InChI=1S/C18H13FN4O2/c1-23-7-6-13-14(9-21-16(13)18(23)24)15-8-20-10-22-17(15)25-12-4-2-11(19)3-5-12/h2-10,21H,1H3. The predicted octanol–water partition coefficient (Wildman–Crippen LogP) is 3.26. The molecule has 0 aliphatic heterocycles. The molecule has 6 nitrogen and oxygen atoms in total. The van der Waals surface area contributed by atoms with E-state index in [1.54, 1.807) is 25.6 Å². The molecule has 0 bridgehead atoms. The summed E-state index contributed by atoms with van der Waals surface area (Å²) < 4.78 is 20.3. The number of hydrogen-bond acceptors (Lipinski definition) is 4. The number of nitrogens with zero attached hydrogens (tertiary/aromatic N) is 3. The summed E-state index contributed by atoms with van der Waals surface area (Å²) in [6.07, 6.45) is 6.41. The Hall–Kier alpha value is -3.48. The van der Waals surface area contributed by atoms with Crippen LogP contribution in [-0.4, -0.2) is 19.5 Å². The zero-order valence-electron chi connectivity index (χ0n) is 13.2. The molecule has 0 aliphatic rings. The van der Waals surface area contributed by atoms with Gasteiger partial charge in [0.1, 0.15) is 23.4 Å². The maximum absolute atomic E-state index is 13.1. The molecule has 1 aromatic carbocycles. The van der Waals surface area contributed by atoms with Crippen molar-refractivity contribution in [2.45, 2.75) is 0 Å². The van der Waals surface area contributed by atoms with Gasteiger partial charge in [0.25, 0.3) is 5.56 Å². The van der Waals surface area contributed by atoms with Crippen LogP contribution in [0.15, 0.2) is 60.0 Å². The highest BCUT2D eigenvalue weighted by Gasteiger charge is 2.15. The quantitative estimate of drug-likeness (QED) is 0.623. The Bertz CT molecular complexity index is 1120. The van der Waals surface area contributed by atoms with Gasteiger partial charge in [0.2, 0.25) is 5.88 Å². The highest BCUT2D eigenvalue weighted by atomic mass is 19.1. The van der Waals surface area contributed by atoms with Crippen molar-refractivity contribution < 1.29 is 9.13 Å². The van der Waals surface area contributed by atoms with Crippen molar-refractivity contribution in [1.82, 2.24) is 19.5 Å².